The second-order valence-electron chi connectivity index (χ2n) is 5.77. The van der Waals surface area contributed by atoms with Crippen LogP contribution in [0, 0.1) is 6.92 Å². The lowest BCUT2D eigenvalue weighted by atomic mass is 9.81. The average Bonchev–Trinajstić information content (AvgIpc) is 2.28. The molecule has 92 valence electrons. The van der Waals surface area contributed by atoms with Gasteiger partial charge in [0.05, 0.1) is 6.61 Å². The fourth-order valence-corrected chi connectivity index (χ4v) is 2.40. The average molecular weight is 232 g/mol. The summed E-state index contributed by atoms with van der Waals surface area (Å²) in [5.41, 5.74) is 4.28. The lowest BCUT2D eigenvalue weighted by Gasteiger charge is -2.29. The number of carbonyl (C=O) groups excluding carboxylic acids is 1. The van der Waals surface area contributed by atoms with Crippen LogP contribution in [0.5, 0.6) is 5.75 Å². The van der Waals surface area contributed by atoms with Gasteiger partial charge in [0.1, 0.15) is 12.0 Å². The zero-order valence-corrected chi connectivity index (χ0v) is 11.1. The van der Waals surface area contributed by atoms with Gasteiger partial charge in [0.15, 0.2) is 0 Å². The summed E-state index contributed by atoms with van der Waals surface area (Å²) in [6.45, 7) is 9.28. The van der Waals surface area contributed by atoms with E-state index in [0.29, 0.717) is 0 Å². The van der Waals surface area contributed by atoms with Crippen LogP contribution in [0.15, 0.2) is 6.07 Å². The summed E-state index contributed by atoms with van der Waals surface area (Å²) in [6.07, 6.45) is 3.02. The van der Waals surface area contributed by atoms with Gasteiger partial charge >= 0.3 is 0 Å². The summed E-state index contributed by atoms with van der Waals surface area (Å²) in [5.74, 6) is 1.02. The molecule has 0 saturated carbocycles. The highest BCUT2D eigenvalue weighted by Gasteiger charge is 2.26. The first kappa shape index (κ1) is 12.2. The molecule has 17 heavy (non-hydrogen) atoms. The number of benzene rings is 1. The number of aldehydes is 1. The Balaban J connectivity index is 2.71. The van der Waals surface area contributed by atoms with Gasteiger partial charge in [-0.15, -0.1) is 0 Å². The van der Waals surface area contributed by atoms with E-state index in [1.54, 1.807) is 0 Å². The lowest BCUT2D eigenvalue weighted by molar-refractivity contribution is 0.112. The van der Waals surface area contributed by atoms with Crippen molar-refractivity contribution in [3.63, 3.8) is 0 Å². The van der Waals surface area contributed by atoms with Gasteiger partial charge in [-0.3, -0.25) is 4.79 Å². The van der Waals surface area contributed by atoms with Crippen LogP contribution < -0.4 is 4.74 Å². The zero-order chi connectivity index (χ0) is 12.6. The molecule has 0 saturated heterocycles. The third-order valence-electron chi connectivity index (χ3n) is 3.46. The van der Waals surface area contributed by atoms with Crippen LogP contribution in [0.3, 0.4) is 0 Å². The maximum atomic E-state index is 11.2. The summed E-state index contributed by atoms with van der Waals surface area (Å²) < 4.78 is 5.85. The van der Waals surface area contributed by atoms with E-state index >= 15 is 0 Å². The molecule has 2 nitrogen and oxygen atoms in total. The van der Waals surface area contributed by atoms with Crippen LogP contribution in [0.1, 0.15) is 54.2 Å². The van der Waals surface area contributed by atoms with Crippen LogP contribution in [0.25, 0.3) is 0 Å². The van der Waals surface area contributed by atoms with Gasteiger partial charge in [-0.2, -0.15) is 0 Å². The number of rotatable bonds is 1. The Bertz CT molecular complexity index is 453. The van der Waals surface area contributed by atoms with Gasteiger partial charge in [0, 0.05) is 11.1 Å². The van der Waals surface area contributed by atoms with Gasteiger partial charge in [-0.05, 0) is 42.4 Å². The van der Waals surface area contributed by atoms with Crippen molar-refractivity contribution >= 4 is 6.29 Å². The van der Waals surface area contributed by atoms with Gasteiger partial charge in [-0.25, -0.2) is 0 Å². The van der Waals surface area contributed by atoms with Crippen molar-refractivity contribution in [2.45, 2.75) is 46.0 Å². The first-order chi connectivity index (χ1) is 7.95. The summed E-state index contributed by atoms with van der Waals surface area (Å²) in [5, 5.41) is 0. The summed E-state index contributed by atoms with van der Waals surface area (Å²) in [6, 6.07) is 1.99. The Morgan fingerprint density at radius 2 is 2.06 bits per heavy atom. The Morgan fingerprint density at radius 1 is 1.35 bits per heavy atom. The molecule has 0 unspecified atom stereocenters. The number of hydrogen-bond donors (Lipinski definition) is 0. The molecule has 2 heteroatoms. The SMILES string of the molecule is Cc1c(C=O)cc(C(C)(C)C)c2c1CCCO2. The Hall–Kier alpha value is -1.31. The van der Waals surface area contributed by atoms with E-state index in [-0.39, 0.29) is 5.41 Å². The molecular formula is C15H20O2. The quantitative estimate of drug-likeness (QED) is 0.693. The molecule has 1 aliphatic heterocycles. The molecule has 0 atom stereocenters. The predicted molar refractivity (Wildman–Crippen MR) is 69.1 cm³/mol. The molecule has 1 heterocycles. The van der Waals surface area contributed by atoms with Crippen molar-refractivity contribution in [2.75, 3.05) is 6.61 Å². The molecule has 1 aromatic carbocycles. The second-order valence-corrected chi connectivity index (χ2v) is 5.77. The van der Waals surface area contributed by atoms with E-state index in [4.69, 9.17) is 4.74 Å². The van der Waals surface area contributed by atoms with Crippen molar-refractivity contribution in [3.05, 3.63) is 28.3 Å². The van der Waals surface area contributed by atoms with Crippen molar-refractivity contribution in [2.24, 2.45) is 0 Å². The monoisotopic (exact) mass is 232 g/mol. The van der Waals surface area contributed by atoms with Crippen molar-refractivity contribution in [1.29, 1.82) is 0 Å². The maximum Gasteiger partial charge on any atom is 0.150 e. The van der Waals surface area contributed by atoms with E-state index in [1.165, 1.54) is 5.56 Å². The molecule has 0 fully saturated rings. The standard InChI is InChI=1S/C15H20O2/c1-10-11(9-16)8-13(15(2,3)4)14-12(10)6-5-7-17-14/h8-9H,5-7H2,1-4H3. The molecule has 2 rings (SSSR count). The Morgan fingerprint density at radius 3 is 2.65 bits per heavy atom. The minimum atomic E-state index is 0.00683. The molecule has 0 N–H and O–H groups in total. The summed E-state index contributed by atoms with van der Waals surface area (Å²) in [7, 11) is 0. The maximum absolute atomic E-state index is 11.2. The molecule has 0 spiro atoms. The minimum Gasteiger partial charge on any atom is -0.493 e. The van der Waals surface area contributed by atoms with E-state index in [0.717, 1.165) is 48.2 Å². The van der Waals surface area contributed by atoms with Crippen LogP contribution in [-0.2, 0) is 11.8 Å². The van der Waals surface area contributed by atoms with Gasteiger partial charge in [0.2, 0.25) is 0 Å². The number of hydrogen-bond acceptors (Lipinski definition) is 2. The van der Waals surface area contributed by atoms with Gasteiger partial charge in [0.25, 0.3) is 0 Å². The highest BCUT2D eigenvalue weighted by molar-refractivity contribution is 5.80. The van der Waals surface area contributed by atoms with Gasteiger partial charge in [-0.1, -0.05) is 20.8 Å². The van der Waals surface area contributed by atoms with Crippen LogP contribution in [0.2, 0.25) is 0 Å². The molecule has 1 aliphatic rings. The van der Waals surface area contributed by atoms with Gasteiger partial charge < -0.3 is 4.74 Å². The summed E-state index contributed by atoms with van der Waals surface area (Å²) >= 11 is 0. The Kier molecular flexibility index (Phi) is 2.98. The fraction of sp³-hybridized carbons (Fsp3) is 0.533. The highest BCUT2D eigenvalue weighted by atomic mass is 16.5. The Labute approximate surface area is 103 Å². The molecule has 0 amide bonds. The number of fused-ring (bicyclic) bond motifs is 1. The third kappa shape index (κ3) is 2.08. The van der Waals surface area contributed by atoms with E-state index in [9.17, 15) is 4.79 Å². The number of ether oxygens (including phenoxy) is 1. The molecule has 0 bridgehead atoms. The van der Waals surface area contributed by atoms with Crippen molar-refractivity contribution < 1.29 is 9.53 Å². The van der Waals surface area contributed by atoms with Crippen molar-refractivity contribution in [1.82, 2.24) is 0 Å². The predicted octanol–water partition coefficient (Wildman–Crippen LogP) is 3.43. The van der Waals surface area contributed by atoms with E-state index in [1.807, 2.05) is 13.0 Å². The van der Waals surface area contributed by atoms with Crippen LogP contribution in [-0.4, -0.2) is 12.9 Å². The molecule has 1 aromatic rings. The third-order valence-corrected chi connectivity index (χ3v) is 3.46. The first-order valence-electron chi connectivity index (χ1n) is 6.20. The van der Waals surface area contributed by atoms with E-state index in [2.05, 4.69) is 20.8 Å². The smallest absolute Gasteiger partial charge is 0.150 e. The van der Waals surface area contributed by atoms with E-state index < -0.39 is 0 Å². The minimum absolute atomic E-state index is 0.00683. The second kappa shape index (κ2) is 4.17. The normalized spacial score (nSPS) is 15.1. The lowest BCUT2D eigenvalue weighted by Crippen LogP contribution is -2.20. The summed E-state index contributed by atoms with van der Waals surface area (Å²) in [4.78, 5) is 11.2. The molecule has 0 aromatic heterocycles. The molecular weight excluding hydrogens is 212 g/mol. The molecule has 0 aliphatic carbocycles. The first-order valence-corrected chi connectivity index (χ1v) is 6.20. The topological polar surface area (TPSA) is 26.3 Å². The number of carbonyl (C=O) groups is 1. The zero-order valence-electron chi connectivity index (χ0n) is 11.1. The van der Waals surface area contributed by atoms with Crippen LogP contribution >= 0.6 is 0 Å². The largest absolute Gasteiger partial charge is 0.493 e. The van der Waals surface area contributed by atoms with Crippen molar-refractivity contribution in [3.8, 4) is 5.75 Å². The highest BCUT2D eigenvalue weighted by Crippen LogP contribution is 2.39. The molecule has 0 radical (unpaired) electrons. The van der Waals surface area contributed by atoms with Crippen LogP contribution in [0.4, 0.5) is 0 Å². The fourth-order valence-electron chi connectivity index (χ4n) is 2.40.